The van der Waals surface area contributed by atoms with Crippen LogP contribution in [0.5, 0.6) is 0 Å². The molecule has 1 amide bonds. The van der Waals surface area contributed by atoms with Crippen LogP contribution in [-0.2, 0) is 6.18 Å². The molecule has 1 saturated carbocycles. The summed E-state index contributed by atoms with van der Waals surface area (Å²) in [5.41, 5.74) is 7.02. The number of imidazole rings is 1. The van der Waals surface area contributed by atoms with Gasteiger partial charge in [-0.15, -0.1) is 0 Å². The lowest BCUT2D eigenvalue weighted by Gasteiger charge is -2.40. The summed E-state index contributed by atoms with van der Waals surface area (Å²) in [6, 6.07) is 7.08. The van der Waals surface area contributed by atoms with Crippen molar-refractivity contribution in [2.45, 2.75) is 37.9 Å². The highest BCUT2D eigenvalue weighted by atomic mass is 19.4. The molecule has 4 aromatic rings. The van der Waals surface area contributed by atoms with E-state index in [1.807, 2.05) is 0 Å². The molecule has 0 unspecified atom stereocenters. The number of carbonyl (C=O) groups is 1. The van der Waals surface area contributed by atoms with E-state index in [9.17, 15) is 18.0 Å². The molecule has 1 aliphatic heterocycles. The fourth-order valence-corrected chi connectivity index (χ4v) is 5.20. The Bertz CT molecular complexity index is 1470. The van der Waals surface area contributed by atoms with Gasteiger partial charge in [0.25, 0.3) is 5.91 Å². The van der Waals surface area contributed by atoms with Crippen molar-refractivity contribution in [3.8, 4) is 0 Å². The number of rotatable bonds is 2. The van der Waals surface area contributed by atoms with Gasteiger partial charge in [-0.05, 0) is 54.9 Å². The van der Waals surface area contributed by atoms with E-state index in [1.165, 1.54) is 36.8 Å². The predicted octanol–water partition coefficient (Wildman–Crippen LogP) is 5.38. The number of hydrogen-bond acceptors (Lipinski definition) is 4. The summed E-state index contributed by atoms with van der Waals surface area (Å²) in [6.07, 6.45) is 2.06. The van der Waals surface area contributed by atoms with Gasteiger partial charge >= 0.3 is 6.18 Å². The second kappa shape index (κ2) is 7.40. The van der Waals surface area contributed by atoms with E-state index in [0.29, 0.717) is 35.1 Å². The van der Waals surface area contributed by atoms with E-state index in [-0.39, 0.29) is 16.8 Å². The van der Waals surface area contributed by atoms with Gasteiger partial charge in [0.05, 0.1) is 40.7 Å². The molecule has 3 heterocycles. The molecule has 2 aliphatic rings. The lowest BCUT2D eigenvalue weighted by molar-refractivity contribution is -0.137. The quantitative estimate of drug-likeness (QED) is 0.389. The molecule has 1 aliphatic carbocycles. The number of nitrogens with zero attached hydrogens (tertiary/aromatic N) is 4. The maximum absolute atomic E-state index is 15.2. The number of carbonyl (C=O) groups excluding carboxylic acids is 1. The highest BCUT2D eigenvalue weighted by Crippen LogP contribution is 2.55. The number of hydrogen-bond donors (Lipinski definition) is 1. The van der Waals surface area contributed by atoms with Gasteiger partial charge in [-0.25, -0.2) is 14.4 Å². The van der Waals surface area contributed by atoms with Crippen molar-refractivity contribution in [1.29, 1.82) is 0 Å². The van der Waals surface area contributed by atoms with E-state index >= 15 is 4.39 Å². The van der Waals surface area contributed by atoms with E-state index in [4.69, 9.17) is 5.73 Å². The zero-order valence-electron chi connectivity index (χ0n) is 18.5. The number of piperidine rings is 1. The monoisotopic (exact) mass is 483 g/mol. The number of fused-ring (bicyclic) bond motifs is 3. The highest BCUT2D eigenvalue weighted by Gasteiger charge is 2.49. The molecule has 35 heavy (non-hydrogen) atoms. The third-order valence-electron chi connectivity index (χ3n) is 7.37. The maximum atomic E-state index is 15.2. The minimum atomic E-state index is -4.44. The molecule has 2 aromatic carbocycles. The van der Waals surface area contributed by atoms with Crippen LogP contribution in [0.2, 0.25) is 0 Å². The third kappa shape index (κ3) is 3.59. The maximum Gasteiger partial charge on any atom is 0.416 e. The van der Waals surface area contributed by atoms with Crippen LogP contribution in [0.1, 0.15) is 53.2 Å². The van der Waals surface area contributed by atoms with Gasteiger partial charge < -0.3 is 10.6 Å². The molecule has 1 atom stereocenters. The average Bonchev–Trinajstić information content (AvgIpc) is 3.37. The molecule has 6 rings (SSSR count). The topological polar surface area (TPSA) is 76.5 Å². The number of benzene rings is 2. The van der Waals surface area contributed by atoms with Crippen LogP contribution >= 0.6 is 0 Å². The number of nitrogens with two attached hydrogens (primary N) is 1. The SMILES string of the molecule is Nc1nc2cc(F)c(C(=O)N3CC4(CC[C@@H]3c3ccc(C(F)(F)F)cc3)CC4)cc2n2cncc12. The molecule has 2 fully saturated rings. The Morgan fingerprint density at radius 3 is 2.51 bits per heavy atom. The van der Waals surface area contributed by atoms with Crippen molar-refractivity contribution in [2.24, 2.45) is 5.41 Å². The van der Waals surface area contributed by atoms with Crippen LogP contribution < -0.4 is 5.73 Å². The molecule has 10 heteroatoms. The standard InChI is InChI=1S/C25H21F4N5O/c26-17-10-18-20(34-13-31-11-21(34)22(30)32-18)9-16(17)23(35)33-12-24(7-8-24)6-5-19(33)14-1-3-15(4-2-14)25(27,28)29/h1-4,9-11,13,19H,5-8,12H2,(H2,30,32)/t19-/m1/s1. The Labute approximate surface area is 197 Å². The normalized spacial score (nSPS) is 19.5. The summed E-state index contributed by atoms with van der Waals surface area (Å²) in [5.74, 6) is -1.02. The first kappa shape index (κ1) is 21.8. The molecule has 6 nitrogen and oxygen atoms in total. The predicted molar refractivity (Wildman–Crippen MR) is 121 cm³/mol. The van der Waals surface area contributed by atoms with Crippen molar-refractivity contribution in [1.82, 2.24) is 19.3 Å². The first-order valence-electron chi connectivity index (χ1n) is 11.3. The number of amides is 1. The number of halogens is 4. The van der Waals surface area contributed by atoms with Crippen molar-refractivity contribution < 1.29 is 22.4 Å². The van der Waals surface area contributed by atoms with Crippen LogP contribution in [0.3, 0.4) is 0 Å². The molecular formula is C25H21F4N5O. The molecule has 2 N–H and O–H groups in total. The smallest absolute Gasteiger partial charge is 0.382 e. The van der Waals surface area contributed by atoms with Crippen LogP contribution in [-0.4, -0.2) is 31.7 Å². The Morgan fingerprint density at radius 1 is 1.09 bits per heavy atom. The first-order chi connectivity index (χ1) is 16.7. The number of nitrogen functional groups attached to an aromatic ring is 1. The minimum absolute atomic E-state index is 0.0129. The molecule has 1 saturated heterocycles. The fourth-order valence-electron chi connectivity index (χ4n) is 5.20. The lowest BCUT2D eigenvalue weighted by atomic mass is 9.86. The van der Waals surface area contributed by atoms with Gasteiger partial charge in [0.1, 0.15) is 17.2 Å². The van der Waals surface area contributed by atoms with Gasteiger partial charge in [0.15, 0.2) is 0 Å². The largest absolute Gasteiger partial charge is 0.416 e. The summed E-state index contributed by atoms with van der Waals surface area (Å²) in [5, 5.41) is 0. The number of alkyl halides is 3. The van der Waals surface area contributed by atoms with Crippen LogP contribution in [0.15, 0.2) is 48.9 Å². The average molecular weight is 483 g/mol. The molecular weight excluding hydrogens is 462 g/mol. The van der Waals surface area contributed by atoms with Crippen LogP contribution in [0, 0.1) is 11.2 Å². The van der Waals surface area contributed by atoms with Gasteiger partial charge in [-0.3, -0.25) is 9.20 Å². The molecule has 1 spiro atoms. The van der Waals surface area contributed by atoms with Gasteiger partial charge in [-0.2, -0.15) is 13.2 Å². The number of aromatic nitrogens is 3. The molecule has 180 valence electrons. The Kier molecular flexibility index (Phi) is 4.61. The van der Waals surface area contributed by atoms with E-state index < -0.39 is 29.5 Å². The van der Waals surface area contributed by atoms with Crippen molar-refractivity contribution in [2.75, 3.05) is 12.3 Å². The second-order valence-electron chi connectivity index (χ2n) is 9.57. The number of anilines is 1. The zero-order valence-corrected chi connectivity index (χ0v) is 18.5. The van der Waals surface area contributed by atoms with Crippen LogP contribution in [0.4, 0.5) is 23.4 Å². The first-order valence-corrected chi connectivity index (χ1v) is 11.3. The molecule has 2 aromatic heterocycles. The summed E-state index contributed by atoms with van der Waals surface area (Å²) < 4.78 is 56.1. The summed E-state index contributed by atoms with van der Waals surface area (Å²) in [4.78, 5) is 23.7. The Morgan fingerprint density at radius 2 is 1.83 bits per heavy atom. The van der Waals surface area contributed by atoms with E-state index in [0.717, 1.165) is 31.4 Å². The lowest BCUT2D eigenvalue weighted by Crippen LogP contribution is -2.43. The molecule has 0 radical (unpaired) electrons. The van der Waals surface area contributed by atoms with Crippen LogP contribution in [0.25, 0.3) is 16.6 Å². The Hall–Kier alpha value is -3.69. The zero-order chi connectivity index (χ0) is 24.5. The Balaban J connectivity index is 1.42. The third-order valence-corrected chi connectivity index (χ3v) is 7.37. The number of likely N-dealkylation sites (tertiary alicyclic amines) is 1. The highest BCUT2D eigenvalue weighted by molar-refractivity contribution is 5.99. The second-order valence-corrected chi connectivity index (χ2v) is 9.57. The minimum Gasteiger partial charge on any atom is -0.382 e. The van der Waals surface area contributed by atoms with Crippen molar-refractivity contribution in [3.63, 3.8) is 0 Å². The fraction of sp³-hybridized carbons (Fsp3) is 0.320. The van der Waals surface area contributed by atoms with Gasteiger partial charge in [-0.1, -0.05) is 12.1 Å². The summed E-state index contributed by atoms with van der Waals surface area (Å²) in [6.45, 7) is 0.440. The molecule has 0 bridgehead atoms. The van der Waals surface area contributed by atoms with E-state index in [2.05, 4.69) is 9.97 Å². The van der Waals surface area contributed by atoms with Crippen molar-refractivity contribution >= 4 is 28.3 Å². The van der Waals surface area contributed by atoms with E-state index in [1.54, 1.807) is 9.30 Å². The van der Waals surface area contributed by atoms with Gasteiger partial charge in [0, 0.05) is 12.6 Å². The summed E-state index contributed by atoms with van der Waals surface area (Å²) in [7, 11) is 0. The van der Waals surface area contributed by atoms with Gasteiger partial charge in [0.2, 0.25) is 0 Å². The summed E-state index contributed by atoms with van der Waals surface area (Å²) >= 11 is 0. The van der Waals surface area contributed by atoms with Crippen molar-refractivity contribution in [3.05, 3.63) is 71.4 Å².